The van der Waals surface area contributed by atoms with Crippen LogP contribution < -0.4 is 5.32 Å². The Hall–Kier alpha value is -0.940. The number of likely N-dealkylation sites (tertiary alicyclic amines) is 1. The Balaban J connectivity index is 1.72. The standard InChI is InChI=1S/C17H28N2O2/c1-21-14-17(9-12-20)18-16-7-10-19(11-8-16)13-15-5-3-2-4-6-15/h2-6,16-18,20H,7-14H2,1H3. The van der Waals surface area contributed by atoms with Crippen molar-refractivity contribution in [2.24, 2.45) is 0 Å². The number of benzene rings is 1. The lowest BCUT2D eigenvalue weighted by molar-refractivity contribution is 0.126. The van der Waals surface area contributed by atoms with Gasteiger partial charge in [0.2, 0.25) is 0 Å². The normalized spacial score (nSPS) is 18.8. The molecule has 2 rings (SSSR count). The van der Waals surface area contributed by atoms with Crippen LogP contribution in [0.5, 0.6) is 0 Å². The summed E-state index contributed by atoms with van der Waals surface area (Å²) < 4.78 is 5.21. The van der Waals surface area contributed by atoms with Crippen LogP contribution in [0, 0.1) is 0 Å². The molecule has 0 aliphatic carbocycles. The van der Waals surface area contributed by atoms with Crippen molar-refractivity contribution in [3.63, 3.8) is 0 Å². The largest absolute Gasteiger partial charge is 0.396 e. The first-order valence-electron chi connectivity index (χ1n) is 7.94. The van der Waals surface area contributed by atoms with Crippen LogP contribution in [-0.4, -0.2) is 55.5 Å². The van der Waals surface area contributed by atoms with Gasteiger partial charge < -0.3 is 15.2 Å². The Labute approximate surface area is 128 Å². The second kappa shape index (κ2) is 9.15. The van der Waals surface area contributed by atoms with Crippen LogP contribution in [0.25, 0.3) is 0 Å². The van der Waals surface area contributed by atoms with E-state index < -0.39 is 0 Å². The van der Waals surface area contributed by atoms with E-state index in [1.165, 1.54) is 18.4 Å². The van der Waals surface area contributed by atoms with Crippen molar-refractivity contribution in [2.45, 2.75) is 37.9 Å². The van der Waals surface area contributed by atoms with E-state index >= 15 is 0 Å². The molecule has 1 aromatic rings. The number of hydrogen-bond acceptors (Lipinski definition) is 4. The van der Waals surface area contributed by atoms with E-state index in [9.17, 15) is 0 Å². The Bertz CT molecular complexity index is 372. The monoisotopic (exact) mass is 292 g/mol. The first kappa shape index (κ1) is 16.4. The molecular weight excluding hydrogens is 264 g/mol. The van der Waals surface area contributed by atoms with Gasteiger partial charge in [-0.05, 0) is 37.9 Å². The van der Waals surface area contributed by atoms with Crippen LogP contribution >= 0.6 is 0 Å². The van der Waals surface area contributed by atoms with Crippen LogP contribution in [-0.2, 0) is 11.3 Å². The van der Waals surface area contributed by atoms with E-state index in [2.05, 4.69) is 40.5 Å². The minimum atomic E-state index is 0.216. The Kier molecular flexibility index (Phi) is 7.16. The fourth-order valence-corrected chi connectivity index (χ4v) is 3.00. The second-order valence-corrected chi connectivity index (χ2v) is 5.87. The highest BCUT2D eigenvalue weighted by Gasteiger charge is 2.21. The van der Waals surface area contributed by atoms with Crippen LogP contribution in [0.2, 0.25) is 0 Å². The van der Waals surface area contributed by atoms with Gasteiger partial charge in [-0.3, -0.25) is 4.90 Å². The van der Waals surface area contributed by atoms with E-state index in [-0.39, 0.29) is 12.6 Å². The van der Waals surface area contributed by atoms with E-state index in [1.54, 1.807) is 7.11 Å². The van der Waals surface area contributed by atoms with E-state index in [1.807, 2.05) is 0 Å². The number of ether oxygens (including phenoxy) is 1. The number of aliphatic hydroxyl groups is 1. The average Bonchev–Trinajstić information content (AvgIpc) is 2.51. The molecule has 1 saturated heterocycles. The van der Waals surface area contributed by atoms with Crippen LogP contribution in [0.3, 0.4) is 0 Å². The van der Waals surface area contributed by atoms with Crippen molar-refractivity contribution >= 4 is 0 Å². The predicted octanol–water partition coefficient (Wildman–Crippen LogP) is 1.64. The minimum absolute atomic E-state index is 0.216. The van der Waals surface area contributed by atoms with E-state index in [0.29, 0.717) is 12.6 Å². The zero-order valence-corrected chi connectivity index (χ0v) is 13.0. The molecular formula is C17H28N2O2. The molecule has 4 heteroatoms. The van der Waals surface area contributed by atoms with Gasteiger partial charge in [0.05, 0.1) is 6.61 Å². The summed E-state index contributed by atoms with van der Waals surface area (Å²) in [6.45, 7) is 4.20. The first-order valence-corrected chi connectivity index (χ1v) is 7.94. The SMILES string of the molecule is COCC(CCO)NC1CCN(Cc2ccccc2)CC1. The van der Waals surface area contributed by atoms with Gasteiger partial charge >= 0.3 is 0 Å². The molecule has 1 fully saturated rings. The summed E-state index contributed by atoms with van der Waals surface area (Å²) in [6.07, 6.45) is 3.09. The molecule has 21 heavy (non-hydrogen) atoms. The molecule has 0 aromatic heterocycles. The summed E-state index contributed by atoms with van der Waals surface area (Å²) in [5.41, 5.74) is 1.39. The second-order valence-electron chi connectivity index (χ2n) is 5.87. The lowest BCUT2D eigenvalue weighted by Gasteiger charge is -2.34. The molecule has 0 saturated carbocycles. The van der Waals surface area contributed by atoms with Crippen molar-refractivity contribution in [1.82, 2.24) is 10.2 Å². The van der Waals surface area contributed by atoms with Gasteiger partial charge in [-0.1, -0.05) is 30.3 Å². The molecule has 1 heterocycles. The van der Waals surface area contributed by atoms with Crippen LogP contribution in [0.15, 0.2) is 30.3 Å². The summed E-state index contributed by atoms with van der Waals surface area (Å²) in [6, 6.07) is 11.5. The molecule has 0 bridgehead atoms. The predicted molar refractivity (Wildman–Crippen MR) is 85.2 cm³/mol. The first-order chi connectivity index (χ1) is 10.3. The number of methoxy groups -OCH3 is 1. The number of aliphatic hydroxyl groups excluding tert-OH is 1. The summed E-state index contributed by atoms with van der Waals surface area (Å²) in [4.78, 5) is 2.52. The Morgan fingerprint density at radius 3 is 2.62 bits per heavy atom. The lowest BCUT2D eigenvalue weighted by atomic mass is 10.0. The highest BCUT2D eigenvalue weighted by molar-refractivity contribution is 5.14. The van der Waals surface area contributed by atoms with Gasteiger partial charge in [0.15, 0.2) is 0 Å². The fraction of sp³-hybridized carbons (Fsp3) is 0.647. The molecule has 1 unspecified atom stereocenters. The van der Waals surface area contributed by atoms with Crippen molar-refractivity contribution in [1.29, 1.82) is 0 Å². The summed E-state index contributed by atoms with van der Waals surface area (Å²) in [5, 5.41) is 12.7. The molecule has 1 aliphatic rings. The molecule has 1 aliphatic heterocycles. The van der Waals surface area contributed by atoms with Gasteiger partial charge in [-0.2, -0.15) is 0 Å². The third kappa shape index (κ3) is 5.75. The highest BCUT2D eigenvalue weighted by atomic mass is 16.5. The van der Waals surface area contributed by atoms with Crippen molar-refractivity contribution in [2.75, 3.05) is 33.4 Å². The number of nitrogens with zero attached hydrogens (tertiary/aromatic N) is 1. The molecule has 1 aromatic carbocycles. The van der Waals surface area contributed by atoms with Crippen molar-refractivity contribution in [3.8, 4) is 0 Å². The van der Waals surface area contributed by atoms with Crippen LogP contribution in [0.1, 0.15) is 24.8 Å². The number of hydrogen-bond donors (Lipinski definition) is 2. The zero-order chi connectivity index (χ0) is 14.9. The topological polar surface area (TPSA) is 44.7 Å². The van der Waals surface area contributed by atoms with Gasteiger partial charge in [0.25, 0.3) is 0 Å². The maximum Gasteiger partial charge on any atom is 0.0616 e. The smallest absolute Gasteiger partial charge is 0.0616 e. The molecule has 4 nitrogen and oxygen atoms in total. The minimum Gasteiger partial charge on any atom is -0.396 e. The Morgan fingerprint density at radius 1 is 1.29 bits per heavy atom. The van der Waals surface area contributed by atoms with Crippen LogP contribution in [0.4, 0.5) is 0 Å². The molecule has 0 radical (unpaired) electrons. The molecule has 2 N–H and O–H groups in total. The third-order valence-electron chi connectivity index (χ3n) is 4.15. The number of nitrogens with one attached hydrogen (secondary N) is 1. The van der Waals surface area contributed by atoms with Gasteiger partial charge in [-0.25, -0.2) is 0 Å². The average molecular weight is 292 g/mol. The number of rotatable bonds is 8. The quantitative estimate of drug-likeness (QED) is 0.764. The third-order valence-corrected chi connectivity index (χ3v) is 4.15. The maximum atomic E-state index is 9.10. The molecule has 0 spiro atoms. The summed E-state index contributed by atoms with van der Waals surface area (Å²) in [7, 11) is 1.72. The Morgan fingerprint density at radius 2 is 2.00 bits per heavy atom. The zero-order valence-electron chi connectivity index (χ0n) is 13.0. The fourth-order valence-electron chi connectivity index (χ4n) is 3.00. The lowest BCUT2D eigenvalue weighted by Crippen LogP contribution is -2.47. The highest BCUT2D eigenvalue weighted by Crippen LogP contribution is 2.14. The molecule has 118 valence electrons. The van der Waals surface area contributed by atoms with E-state index in [0.717, 1.165) is 26.1 Å². The number of piperidine rings is 1. The molecule has 0 amide bonds. The van der Waals surface area contributed by atoms with Crippen molar-refractivity contribution in [3.05, 3.63) is 35.9 Å². The van der Waals surface area contributed by atoms with E-state index in [4.69, 9.17) is 9.84 Å². The van der Waals surface area contributed by atoms with Gasteiger partial charge in [-0.15, -0.1) is 0 Å². The maximum absolute atomic E-state index is 9.10. The van der Waals surface area contributed by atoms with Crippen molar-refractivity contribution < 1.29 is 9.84 Å². The summed E-state index contributed by atoms with van der Waals surface area (Å²) in [5.74, 6) is 0. The van der Waals surface area contributed by atoms with Gasteiger partial charge in [0.1, 0.15) is 0 Å². The van der Waals surface area contributed by atoms with Gasteiger partial charge in [0, 0.05) is 32.3 Å². The molecule has 1 atom stereocenters. The summed E-state index contributed by atoms with van der Waals surface area (Å²) >= 11 is 0.